The molecule has 142 valence electrons. The number of carbonyl (C=O) groups is 2. The van der Waals surface area contributed by atoms with Crippen molar-refractivity contribution in [2.75, 3.05) is 12.4 Å². The summed E-state index contributed by atoms with van der Waals surface area (Å²) in [6, 6.07) is 22.5. The number of amides is 2. The summed E-state index contributed by atoms with van der Waals surface area (Å²) < 4.78 is 0. The molecule has 1 N–H and O–H groups in total. The lowest BCUT2D eigenvalue weighted by atomic mass is 10.1. The van der Waals surface area contributed by atoms with Crippen LogP contribution in [0.2, 0.25) is 0 Å². The molecule has 0 unspecified atom stereocenters. The van der Waals surface area contributed by atoms with E-state index >= 15 is 0 Å². The van der Waals surface area contributed by atoms with E-state index in [1.807, 2.05) is 62.4 Å². The van der Waals surface area contributed by atoms with Gasteiger partial charge in [-0.3, -0.25) is 9.59 Å². The van der Waals surface area contributed by atoms with Crippen molar-refractivity contribution >= 4 is 17.5 Å². The van der Waals surface area contributed by atoms with Gasteiger partial charge in [-0.25, -0.2) is 0 Å². The molecule has 4 nitrogen and oxygen atoms in total. The van der Waals surface area contributed by atoms with E-state index in [0.29, 0.717) is 17.7 Å². The van der Waals surface area contributed by atoms with Crippen molar-refractivity contribution in [1.82, 2.24) is 4.90 Å². The number of hydrogen-bond donors (Lipinski definition) is 1. The minimum atomic E-state index is -0.229. The third kappa shape index (κ3) is 4.65. The molecule has 0 saturated heterocycles. The monoisotopic (exact) mass is 372 g/mol. The fourth-order valence-electron chi connectivity index (χ4n) is 3.09. The Morgan fingerprint density at radius 1 is 0.857 bits per heavy atom. The van der Waals surface area contributed by atoms with Crippen LogP contribution in [-0.2, 0) is 6.54 Å². The maximum Gasteiger partial charge on any atom is 0.255 e. The number of benzene rings is 3. The average molecular weight is 372 g/mol. The van der Waals surface area contributed by atoms with Crippen LogP contribution in [0.3, 0.4) is 0 Å². The van der Waals surface area contributed by atoms with Crippen molar-refractivity contribution in [3.8, 4) is 0 Å². The zero-order valence-corrected chi connectivity index (χ0v) is 16.4. The number of rotatable bonds is 5. The van der Waals surface area contributed by atoms with Gasteiger partial charge in [-0.15, -0.1) is 0 Å². The molecule has 0 saturated carbocycles. The number of hydrogen-bond acceptors (Lipinski definition) is 2. The first-order chi connectivity index (χ1) is 13.4. The third-order valence-corrected chi connectivity index (χ3v) is 4.61. The Bertz CT molecular complexity index is 996. The number of aryl methyl sites for hydroxylation is 2. The number of nitrogens with one attached hydrogen (secondary N) is 1. The minimum Gasteiger partial charge on any atom is -0.337 e. The highest BCUT2D eigenvalue weighted by atomic mass is 16.2. The summed E-state index contributed by atoms with van der Waals surface area (Å²) >= 11 is 0. The molecule has 0 aliphatic heterocycles. The maximum atomic E-state index is 12.8. The first-order valence-electron chi connectivity index (χ1n) is 9.22. The Labute approximate surface area is 165 Å². The molecule has 0 spiro atoms. The maximum absolute atomic E-state index is 12.8. The highest BCUT2D eigenvalue weighted by Crippen LogP contribution is 2.18. The Morgan fingerprint density at radius 3 is 2.29 bits per heavy atom. The van der Waals surface area contributed by atoms with Crippen LogP contribution >= 0.6 is 0 Å². The molecule has 0 aromatic heterocycles. The van der Waals surface area contributed by atoms with Gasteiger partial charge in [0.2, 0.25) is 0 Å². The summed E-state index contributed by atoms with van der Waals surface area (Å²) in [6.45, 7) is 4.49. The zero-order chi connectivity index (χ0) is 20.1. The lowest BCUT2D eigenvalue weighted by molar-refractivity contribution is 0.0785. The molecule has 3 rings (SSSR count). The van der Waals surface area contributed by atoms with Gasteiger partial charge in [-0.1, -0.05) is 54.1 Å². The Balaban J connectivity index is 1.73. The summed E-state index contributed by atoms with van der Waals surface area (Å²) in [6.07, 6.45) is 0. The van der Waals surface area contributed by atoms with Gasteiger partial charge in [0.1, 0.15) is 0 Å². The van der Waals surface area contributed by atoms with Gasteiger partial charge in [0.05, 0.1) is 0 Å². The zero-order valence-electron chi connectivity index (χ0n) is 16.4. The van der Waals surface area contributed by atoms with Crippen molar-refractivity contribution in [2.24, 2.45) is 0 Å². The fourth-order valence-corrected chi connectivity index (χ4v) is 3.09. The molecule has 0 fully saturated rings. The third-order valence-electron chi connectivity index (χ3n) is 4.61. The molecule has 0 radical (unpaired) electrons. The highest BCUT2D eigenvalue weighted by Gasteiger charge is 2.15. The molecular weight excluding hydrogens is 348 g/mol. The largest absolute Gasteiger partial charge is 0.337 e. The summed E-state index contributed by atoms with van der Waals surface area (Å²) in [5, 5.41) is 2.93. The lowest BCUT2D eigenvalue weighted by Gasteiger charge is -2.18. The summed E-state index contributed by atoms with van der Waals surface area (Å²) in [4.78, 5) is 27.1. The summed E-state index contributed by atoms with van der Waals surface area (Å²) in [5.74, 6) is -0.350. The van der Waals surface area contributed by atoms with Crippen LogP contribution in [0.1, 0.15) is 37.4 Å². The van der Waals surface area contributed by atoms with Crippen LogP contribution in [0.5, 0.6) is 0 Å². The van der Waals surface area contributed by atoms with E-state index in [0.717, 1.165) is 22.4 Å². The van der Waals surface area contributed by atoms with Gasteiger partial charge in [0, 0.05) is 30.4 Å². The van der Waals surface area contributed by atoms with Gasteiger partial charge >= 0.3 is 0 Å². The summed E-state index contributed by atoms with van der Waals surface area (Å²) in [7, 11) is 1.76. The SMILES string of the molecule is Cc1ccc(NC(=O)c2cccc(C(=O)N(C)Cc3ccccc3)c2)c(C)c1. The Morgan fingerprint density at radius 2 is 1.57 bits per heavy atom. The molecule has 0 bridgehead atoms. The van der Waals surface area contributed by atoms with Crippen LogP contribution in [0, 0.1) is 13.8 Å². The van der Waals surface area contributed by atoms with E-state index in [1.165, 1.54) is 0 Å². The first kappa shape index (κ1) is 19.4. The van der Waals surface area contributed by atoms with Crippen molar-refractivity contribution in [1.29, 1.82) is 0 Å². The van der Waals surface area contributed by atoms with Crippen molar-refractivity contribution < 1.29 is 9.59 Å². The molecule has 0 heterocycles. The van der Waals surface area contributed by atoms with Gasteiger partial charge in [-0.2, -0.15) is 0 Å². The first-order valence-corrected chi connectivity index (χ1v) is 9.22. The van der Waals surface area contributed by atoms with Gasteiger partial charge in [-0.05, 0) is 49.2 Å². The molecular formula is C24H24N2O2. The van der Waals surface area contributed by atoms with Crippen LogP contribution in [0.25, 0.3) is 0 Å². The number of carbonyl (C=O) groups excluding carboxylic acids is 2. The van der Waals surface area contributed by atoms with Gasteiger partial charge < -0.3 is 10.2 Å². The Hall–Kier alpha value is -3.40. The molecule has 2 amide bonds. The van der Waals surface area contributed by atoms with Crippen LogP contribution in [-0.4, -0.2) is 23.8 Å². The fraction of sp³-hybridized carbons (Fsp3) is 0.167. The molecule has 0 aliphatic rings. The second-order valence-electron chi connectivity index (χ2n) is 7.00. The average Bonchev–Trinajstić information content (AvgIpc) is 2.70. The second kappa shape index (κ2) is 8.53. The molecule has 3 aromatic carbocycles. The van der Waals surface area contributed by atoms with Gasteiger partial charge in [0.25, 0.3) is 11.8 Å². The molecule has 3 aromatic rings. The highest BCUT2D eigenvalue weighted by molar-refractivity contribution is 6.06. The minimum absolute atomic E-state index is 0.120. The van der Waals surface area contributed by atoms with Crippen LogP contribution < -0.4 is 5.32 Å². The Kier molecular flexibility index (Phi) is 5.90. The smallest absolute Gasteiger partial charge is 0.255 e. The van der Waals surface area contributed by atoms with Crippen LogP contribution in [0.4, 0.5) is 5.69 Å². The van der Waals surface area contributed by atoms with Crippen molar-refractivity contribution in [2.45, 2.75) is 20.4 Å². The van der Waals surface area contributed by atoms with E-state index < -0.39 is 0 Å². The number of anilines is 1. The number of nitrogens with zero attached hydrogens (tertiary/aromatic N) is 1. The lowest BCUT2D eigenvalue weighted by Crippen LogP contribution is -2.26. The van der Waals surface area contributed by atoms with E-state index in [9.17, 15) is 9.59 Å². The second-order valence-corrected chi connectivity index (χ2v) is 7.00. The normalized spacial score (nSPS) is 10.4. The topological polar surface area (TPSA) is 49.4 Å². The van der Waals surface area contributed by atoms with Gasteiger partial charge in [0.15, 0.2) is 0 Å². The molecule has 28 heavy (non-hydrogen) atoms. The van der Waals surface area contributed by atoms with Crippen molar-refractivity contribution in [3.63, 3.8) is 0 Å². The van der Waals surface area contributed by atoms with Crippen LogP contribution in [0.15, 0.2) is 72.8 Å². The van der Waals surface area contributed by atoms with E-state index in [4.69, 9.17) is 0 Å². The van der Waals surface area contributed by atoms with E-state index in [1.54, 1.807) is 36.2 Å². The summed E-state index contributed by atoms with van der Waals surface area (Å²) in [5.41, 5.74) is 4.92. The van der Waals surface area contributed by atoms with E-state index in [-0.39, 0.29) is 11.8 Å². The predicted octanol–water partition coefficient (Wildman–Crippen LogP) is 4.83. The van der Waals surface area contributed by atoms with E-state index in [2.05, 4.69) is 5.32 Å². The quantitative estimate of drug-likeness (QED) is 0.697. The molecule has 0 aliphatic carbocycles. The molecule has 0 atom stereocenters. The molecule has 4 heteroatoms. The predicted molar refractivity (Wildman–Crippen MR) is 113 cm³/mol. The van der Waals surface area contributed by atoms with Crippen molar-refractivity contribution in [3.05, 3.63) is 101 Å². The standard InChI is InChI=1S/C24H24N2O2/c1-17-12-13-22(18(2)14-17)25-23(27)20-10-7-11-21(15-20)24(28)26(3)16-19-8-5-4-6-9-19/h4-15H,16H2,1-3H3,(H,25,27).